The molecule has 1 aromatic carbocycles. The largest absolute Gasteiger partial charge is 0.496 e. The Labute approximate surface area is 131 Å². The summed E-state index contributed by atoms with van der Waals surface area (Å²) < 4.78 is 5.43. The van der Waals surface area contributed by atoms with Crippen molar-refractivity contribution in [3.63, 3.8) is 0 Å². The molecule has 1 aliphatic rings. The van der Waals surface area contributed by atoms with Gasteiger partial charge >= 0.3 is 0 Å². The van der Waals surface area contributed by atoms with E-state index in [0.717, 1.165) is 41.1 Å². The van der Waals surface area contributed by atoms with Crippen molar-refractivity contribution in [1.82, 2.24) is 4.98 Å². The van der Waals surface area contributed by atoms with Crippen LogP contribution >= 0.6 is 0 Å². The third-order valence-corrected chi connectivity index (χ3v) is 4.54. The molecule has 0 saturated heterocycles. The topological polar surface area (TPSA) is 39.2 Å². The van der Waals surface area contributed by atoms with Gasteiger partial charge in [-0.2, -0.15) is 0 Å². The predicted octanol–water partition coefficient (Wildman–Crippen LogP) is 4.47. The van der Waals surface area contributed by atoms with Crippen molar-refractivity contribution in [3.05, 3.63) is 47.7 Å². The fourth-order valence-electron chi connectivity index (χ4n) is 3.27. The van der Waals surface area contributed by atoms with E-state index in [4.69, 9.17) is 9.72 Å². The normalized spacial score (nSPS) is 20.6. The number of nitrogens with zero attached hydrogens (tertiary/aromatic N) is 1. The number of para-hydroxylation sites is 1. The van der Waals surface area contributed by atoms with E-state index in [1.165, 1.54) is 0 Å². The molecule has 0 fully saturated rings. The summed E-state index contributed by atoms with van der Waals surface area (Å²) in [5.74, 6) is 1.48. The van der Waals surface area contributed by atoms with Crippen molar-refractivity contribution in [2.75, 3.05) is 7.11 Å². The maximum atomic E-state index is 12.4. The van der Waals surface area contributed by atoms with Gasteiger partial charge in [0.2, 0.25) is 0 Å². The maximum Gasteiger partial charge on any atom is 0.167 e. The number of ether oxygens (including phenoxy) is 1. The average Bonchev–Trinajstić information content (AvgIpc) is 2.57. The molecule has 1 aliphatic carbocycles. The van der Waals surface area contributed by atoms with Crippen LogP contribution in [-0.2, 0) is 0 Å². The third kappa shape index (κ3) is 2.41. The number of fused-ring (bicyclic) bond motifs is 1. The first-order valence-corrected chi connectivity index (χ1v) is 7.84. The number of Topliss-reactive ketones (excluding diaryl/α,β-unsaturated/α-hetero) is 1. The summed E-state index contributed by atoms with van der Waals surface area (Å²) in [4.78, 5) is 17.2. The van der Waals surface area contributed by atoms with Crippen LogP contribution in [0.2, 0.25) is 0 Å². The Balaban J connectivity index is 2.12. The van der Waals surface area contributed by atoms with Crippen LogP contribution in [0.15, 0.2) is 36.4 Å². The number of carbonyl (C=O) groups excluding carboxylic acids is 1. The summed E-state index contributed by atoms with van der Waals surface area (Å²) in [6.45, 7) is 4.18. The second kappa shape index (κ2) is 5.91. The molecule has 0 bridgehead atoms. The average molecular weight is 295 g/mol. The molecule has 3 nitrogen and oxygen atoms in total. The molecule has 0 aliphatic heterocycles. The number of hydrogen-bond donors (Lipinski definition) is 0. The quantitative estimate of drug-likeness (QED) is 0.838. The van der Waals surface area contributed by atoms with E-state index >= 15 is 0 Å². The molecule has 0 saturated carbocycles. The molecular weight excluding hydrogens is 274 g/mol. The molecule has 2 aromatic rings. The number of ketones is 1. The van der Waals surface area contributed by atoms with Crippen LogP contribution in [0, 0.1) is 5.92 Å². The molecule has 0 amide bonds. The number of benzene rings is 1. The predicted molar refractivity (Wildman–Crippen MR) is 87.4 cm³/mol. The van der Waals surface area contributed by atoms with Gasteiger partial charge in [-0.25, -0.2) is 0 Å². The van der Waals surface area contributed by atoms with E-state index in [1.807, 2.05) is 43.3 Å². The van der Waals surface area contributed by atoms with Gasteiger partial charge in [0.25, 0.3) is 0 Å². The fraction of sp³-hybridized carbons (Fsp3) is 0.368. The summed E-state index contributed by atoms with van der Waals surface area (Å²) in [7, 11) is 1.66. The van der Waals surface area contributed by atoms with Crippen molar-refractivity contribution in [1.29, 1.82) is 0 Å². The Hall–Kier alpha value is -2.16. The van der Waals surface area contributed by atoms with E-state index in [2.05, 4.69) is 6.92 Å². The van der Waals surface area contributed by atoms with Crippen LogP contribution in [0.1, 0.15) is 48.7 Å². The summed E-state index contributed by atoms with van der Waals surface area (Å²) in [5.41, 5.74) is 3.59. The second-order valence-electron chi connectivity index (χ2n) is 5.94. The third-order valence-electron chi connectivity index (χ3n) is 4.54. The van der Waals surface area contributed by atoms with Gasteiger partial charge in [0.15, 0.2) is 5.78 Å². The molecule has 0 spiro atoms. The van der Waals surface area contributed by atoms with Crippen molar-refractivity contribution < 1.29 is 9.53 Å². The highest BCUT2D eigenvalue weighted by Gasteiger charge is 2.31. The van der Waals surface area contributed by atoms with E-state index in [1.54, 1.807) is 7.11 Å². The highest BCUT2D eigenvalue weighted by Crippen LogP contribution is 2.38. The molecule has 0 radical (unpaired) electrons. The number of methoxy groups -OCH3 is 1. The molecule has 1 aromatic heterocycles. The van der Waals surface area contributed by atoms with E-state index in [-0.39, 0.29) is 11.7 Å². The lowest BCUT2D eigenvalue weighted by Gasteiger charge is -2.27. The minimum atomic E-state index is 0.0939. The smallest absolute Gasteiger partial charge is 0.167 e. The summed E-state index contributed by atoms with van der Waals surface area (Å²) >= 11 is 0. The molecule has 22 heavy (non-hydrogen) atoms. The molecule has 1 heterocycles. The minimum absolute atomic E-state index is 0.0939. The Morgan fingerprint density at radius 2 is 1.95 bits per heavy atom. The summed E-state index contributed by atoms with van der Waals surface area (Å²) in [6, 6.07) is 11.7. The van der Waals surface area contributed by atoms with Crippen LogP contribution in [0.5, 0.6) is 5.75 Å². The zero-order chi connectivity index (χ0) is 15.7. The molecule has 3 rings (SSSR count). The van der Waals surface area contributed by atoms with Crippen molar-refractivity contribution in [2.24, 2.45) is 5.92 Å². The molecule has 0 N–H and O–H groups in total. The fourth-order valence-corrected chi connectivity index (χ4v) is 3.27. The number of hydrogen-bond acceptors (Lipinski definition) is 3. The van der Waals surface area contributed by atoms with Gasteiger partial charge in [-0.3, -0.25) is 9.78 Å². The highest BCUT2D eigenvalue weighted by molar-refractivity contribution is 6.00. The first kappa shape index (κ1) is 14.8. The van der Waals surface area contributed by atoms with Crippen LogP contribution in [0.25, 0.3) is 11.3 Å². The van der Waals surface area contributed by atoms with Gasteiger partial charge in [0.1, 0.15) is 5.75 Å². The minimum Gasteiger partial charge on any atom is -0.496 e. The van der Waals surface area contributed by atoms with Crippen LogP contribution in [-0.4, -0.2) is 17.9 Å². The number of aromatic nitrogens is 1. The zero-order valence-corrected chi connectivity index (χ0v) is 13.3. The van der Waals surface area contributed by atoms with Crippen molar-refractivity contribution in [3.8, 4) is 17.0 Å². The first-order valence-electron chi connectivity index (χ1n) is 7.84. The molecular formula is C19H21NO2. The second-order valence-corrected chi connectivity index (χ2v) is 5.94. The van der Waals surface area contributed by atoms with Crippen molar-refractivity contribution in [2.45, 2.75) is 32.6 Å². The number of pyridine rings is 1. The zero-order valence-electron chi connectivity index (χ0n) is 13.3. The molecule has 3 heteroatoms. The van der Waals surface area contributed by atoms with Gasteiger partial charge in [-0.05, 0) is 37.1 Å². The Kier molecular flexibility index (Phi) is 3.97. The van der Waals surface area contributed by atoms with Gasteiger partial charge in [-0.15, -0.1) is 0 Å². The maximum absolute atomic E-state index is 12.4. The van der Waals surface area contributed by atoms with Gasteiger partial charge in [-0.1, -0.05) is 26.0 Å². The number of carbonyl (C=O) groups is 1. The van der Waals surface area contributed by atoms with E-state index in [9.17, 15) is 4.79 Å². The Morgan fingerprint density at radius 1 is 1.18 bits per heavy atom. The van der Waals surface area contributed by atoms with Crippen LogP contribution < -0.4 is 4.74 Å². The van der Waals surface area contributed by atoms with Crippen LogP contribution in [0.4, 0.5) is 0 Å². The highest BCUT2D eigenvalue weighted by atomic mass is 16.5. The lowest BCUT2D eigenvalue weighted by atomic mass is 9.78. The lowest BCUT2D eigenvalue weighted by molar-refractivity contribution is 0.0902. The van der Waals surface area contributed by atoms with Crippen molar-refractivity contribution >= 4 is 5.78 Å². The van der Waals surface area contributed by atoms with Gasteiger partial charge in [0, 0.05) is 23.0 Å². The lowest BCUT2D eigenvalue weighted by Crippen LogP contribution is -2.24. The molecule has 2 atom stereocenters. The standard InChI is InChI=1S/C19H21NO2/c1-4-13-11-12(2)19(21)15-9-10-16(20-18(13)15)14-7-5-6-8-17(14)22-3/h5-10,12-13H,4,11H2,1-3H3. The summed E-state index contributed by atoms with van der Waals surface area (Å²) in [5, 5.41) is 0. The van der Waals surface area contributed by atoms with E-state index < -0.39 is 0 Å². The Bertz CT molecular complexity index is 708. The Morgan fingerprint density at radius 3 is 2.68 bits per heavy atom. The first-order chi connectivity index (χ1) is 10.7. The SMILES string of the molecule is CCC1CC(C)C(=O)c2ccc(-c3ccccc3OC)nc21. The monoisotopic (exact) mass is 295 g/mol. The van der Waals surface area contributed by atoms with Gasteiger partial charge < -0.3 is 4.74 Å². The van der Waals surface area contributed by atoms with Gasteiger partial charge in [0.05, 0.1) is 18.5 Å². The summed E-state index contributed by atoms with van der Waals surface area (Å²) in [6.07, 6.45) is 1.90. The number of rotatable bonds is 3. The molecule has 2 unspecified atom stereocenters. The molecule has 114 valence electrons. The van der Waals surface area contributed by atoms with Crippen LogP contribution in [0.3, 0.4) is 0 Å². The van der Waals surface area contributed by atoms with E-state index in [0.29, 0.717) is 5.92 Å².